The third kappa shape index (κ3) is 4.91. The first-order valence-electron chi connectivity index (χ1n) is 8.61. The normalized spacial score (nSPS) is 31.1. The molecule has 6 heteroatoms. The van der Waals surface area contributed by atoms with Crippen molar-refractivity contribution in [1.82, 2.24) is 9.80 Å². The maximum Gasteiger partial charge on any atom is 0.308 e. The summed E-state index contributed by atoms with van der Waals surface area (Å²) in [4.78, 5) is 16.5. The Bertz CT molecular complexity index is 349. The molecule has 1 aliphatic heterocycles. The lowest BCUT2D eigenvalue weighted by molar-refractivity contribution is -0.150. The molecule has 0 bridgehead atoms. The van der Waals surface area contributed by atoms with Crippen molar-refractivity contribution in [2.75, 3.05) is 45.9 Å². The van der Waals surface area contributed by atoms with E-state index in [1.54, 1.807) is 6.92 Å². The summed E-state index contributed by atoms with van der Waals surface area (Å²) in [5.41, 5.74) is 4.75. The molecule has 2 aliphatic rings. The first-order valence-corrected chi connectivity index (χ1v) is 8.61. The fourth-order valence-corrected chi connectivity index (χ4v) is 3.70. The van der Waals surface area contributed by atoms with Gasteiger partial charge in [0, 0.05) is 45.3 Å². The largest absolute Gasteiger partial charge is 0.466 e. The minimum Gasteiger partial charge on any atom is -0.466 e. The van der Waals surface area contributed by atoms with E-state index in [1.807, 2.05) is 0 Å². The third-order valence-electron chi connectivity index (χ3n) is 5.03. The number of carbonyl (C=O) groups excluding carboxylic acids is 1. The number of hydrogen-bond donors (Lipinski definition) is 2. The summed E-state index contributed by atoms with van der Waals surface area (Å²) >= 11 is 0. The minimum absolute atomic E-state index is 0.137. The number of ether oxygens (including phenoxy) is 1. The number of piperazine rings is 1. The van der Waals surface area contributed by atoms with Crippen LogP contribution in [0.25, 0.3) is 0 Å². The van der Waals surface area contributed by atoms with Crippen molar-refractivity contribution in [2.24, 2.45) is 5.73 Å². The first kappa shape index (κ1) is 17.7. The van der Waals surface area contributed by atoms with Gasteiger partial charge in [0.2, 0.25) is 0 Å². The molecule has 128 valence electrons. The molecule has 1 aliphatic carbocycles. The summed E-state index contributed by atoms with van der Waals surface area (Å²) in [7, 11) is 0. The van der Waals surface area contributed by atoms with Crippen molar-refractivity contribution in [1.29, 1.82) is 0 Å². The highest BCUT2D eigenvalue weighted by atomic mass is 16.5. The van der Waals surface area contributed by atoms with Crippen LogP contribution in [0.15, 0.2) is 0 Å². The van der Waals surface area contributed by atoms with Crippen molar-refractivity contribution < 1.29 is 14.6 Å². The summed E-state index contributed by atoms with van der Waals surface area (Å²) in [6, 6.07) is 0.544. The maximum absolute atomic E-state index is 11.6. The Labute approximate surface area is 133 Å². The van der Waals surface area contributed by atoms with E-state index < -0.39 is 5.60 Å². The van der Waals surface area contributed by atoms with Crippen LogP contribution >= 0.6 is 0 Å². The molecule has 1 saturated carbocycles. The van der Waals surface area contributed by atoms with Crippen LogP contribution in [0.5, 0.6) is 0 Å². The lowest BCUT2D eigenvalue weighted by Crippen LogP contribution is -2.53. The Kier molecular flexibility index (Phi) is 6.62. The average molecular weight is 313 g/mol. The molecular formula is C16H31N3O3. The highest BCUT2D eigenvalue weighted by molar-refractivity contribution is 5.70. The lowest BCUT2D eigenvalue weighted by Gasteiger charge is -2.44. The number of esters is 1. The molecule has 0 unspecified atom stereocenters. The van der Waals surface area contributed by atoms with Crippen LogP contribution in [0.4, 0.5) is 0 Å². The van der Waals surface area contributed by atoms with E-state index in [0.717, 1.165) is 52.1 Å². The van der Waals surface area contributed by atoms with Crippen molar-refractivity contribution in [3.63, 3.8) is 0 Å². The SMILES string of the molecule is CCOC(=O)CC1(O)CCC(N2CCN(CCN)CC2)CC1. The van der Waals surface area contributed by atoms with Gasteiger partial charge in [0.1, 0.15) is 0 Å². The van der Waals surface area contributed by atoms with Crippen LogP contribution in [0.2, 0.25) is 0 Å². The van der Waals surface area contributed by atoms with E-state index in [1.165, 1.54) is 0 Å². The van der Waals surface area contributed by atoms with Gasteiger partial charge in [-0.15, -0.1) is 0 Å². The van der Waals surface area contributed by atoms with Crippen molar-refractivity contribution in [2.45, 2.75) is 50.7 Å². The molecule has 0 atom stereocenters. The fraction of sp³-hybridized carbons (Fsp3) is 0.938. The molecule has 3 N–H and O–H groups in total. The molecule has 0 aromatic heterocycles. The second-order valence-corrected chi connectivity index (χ2v) is 6.60. The van der Waals surface area contributed by atoms with E-state index >= 15 is 0 Å². The third-order valence-corrected chi connectivity index (χ3v) is 5.03. The Morgan fingerprint density at radius 3 is 2.45 bits per heavy atom. The predicted molar refractivity (Wildman–Crippen MR) is 85.5 cm³/mol. The first-order chi connectivity index (χ1) is 10.6. The summed E-state index contributed by atoms with van der Waals surface area (Å²) in [5, 5.41) is 10.6. The molecular weight excluding hydrogens is 282 g/mol. The number of nitrogens with two attached hydrogens (primary N) is 1. The number of nitrogens with zero attached hydrogens (tertiary/aromatic N) is 2. The number of carbonyl (C=O) groups is 1. The van der Waals surface area contributed by atoms with Crippen molar-refractivity contribution >= 4 is 5.97 Å². The molecule has 1 saturated heterocycles. The highest BCUT2D eigenvalue weighted by Crippen LogP contribution is 2.34. The van der Waals surface area contributed by atoms with Gasteiger partial charge in [-0.2, -0.15) is 0 Å². The fourth-order valence-electron chi connectivity index (χ4n) is 3.70. The van der Waals surface area contributed by atoms with Gasteiger partial charge in [-0.1, -0.05) is 0 Å². The molecule has 1 heterocycles. The lowest BCUT2D eigenvalue weighted by atomic mass is 9.79. The van der Waals surface area contributed by atoms with Gasteiger partial charge < -0.3 is 15.6 Å². The molecule has 0 spiro atoms. The topological polar surface area (TPSA) is 79.0 Å². The zero-order valence-corrected chi connectivity index (χ0v) is 13.8. The zero-order valence-electron chi connectivity index (χ0n) is 13.8. The molecule has 0 aromatic rings. The maximum atomic E-state index is 11.6. The zero-order chi connectivity index (χ0) is 16.0. The summed E-state index contributed by atoms with van der Waals surface area (Å²) in [5.74, 6) is -0.279. The van der Waals surface area contributed by atoms with E-state index in [9.17, 15) is 9.90 Å². The van der Waals surface area contributed by atoms with Gasteiger partial charge in [0.25, 0.3) is 0 Å². The minimum atomic E-state index is -0.857. The van der Waals surface area contributed by atoms with Crippen molar-refractivity contribution in [3.05, 3.63) is 0 Å². The van der Waals surface area contributed by atoms with Crippen LogP contribution in [0.3, 0.4) is 0 Å². The number of rotatable bonds is 6. The Morgan fingerprint density at radius 2 is 1.91 bits per heavy atom. The number of hydrogen-bond acceptors (Lipinski definition) is 6. The van der Waals surface area contributed by atoms with E-state index in [-0.39, 0.29) is 12.4 Å². The Balaban J connectivity index is 1.74. The van der Waals surface area contributed by atoms with Gasteiger partial charge in [0.15, 0.2) is 0 Å². The molecule has 2 rings (SSSR count). The summed E-state index contributed by atoms with van der Waals surface area (Å²) in [6.07, 6.45) is 3.45. The highest BCUT2D eigenvalue weighted by Gasteiger charge is 2.37. The van der Waals surface area contributed by atoms with Gasteiger partial charge in [-0.25, -0.2) is 0 Å². The predicted octanol–water partition coefficient (Wildman–Crippen LogP) is 0.190. The molecule has 0 amide bonds. The molecule has 0 radical (unpaired) electrons. The van der Waals surface area contributed by atoms with Gasteiger partial charge in [-0.05, 0) is 32.6 Å². The molecule has 2 fully saturated rings. The molecule has 0 aromatic carbocycles. The second-order valence-electron chi connectivity index (χ2n) is 6.60. The van der Waals surface area contributed by atoms with Crippen LogP contribution in [0, 0.1) is 0 Å². The van der Waals surface area contributed by atoms with Crippen LogP contribution in [-0.2, 0) is 9.53 Å². The smallest absolute Gasteiger partial charge is 0.308 e. The molecule has 22 heavy (non-hydrogen) atoms. The monoisotopic (exact) mass is 313 g/mol. The van der Waals surface area contributed by atoms with Crippen LogP contribution in [-0.4, -0.2) is 78.4 Å². The standard InChI is InChI=1S/C16H31N3O3/c1-2-22-15(20)13-16(21)5-3-14(4-6-16)19-11-9-18(8-7-17)10-12-19/h14,21H,2-13,17H2,1H3. The van der Waals surface area contributed by atoms with Gasteiger partial charge in [0.05, 0.1) is 18.6 Å². The summed E-state index contributed by atoms with van der Waals surface area (Å²) < 4.78 is 4.96. The Hall–Kier alpha value is -0.690. The van der Waals surface area contributed by atoms with Crippen LogP contribution in [0.1, 0.15) is 39.0 Å². The van der Waals surface area contributed by atoms with Crippen LogP contribution < -0.4 is 5.73 Å². The number of aliphatic hydroxyl groups is 1. The van der Waals surface area contributed by atoms with E-state index in [0.29, 0.717) is 25.5 Å². The van der Waals surface area contributed by atoms with Gasteiger partial charge in [-0.3, -0.25) is 14.6 Å². The second kappa shape index (κ2) is 8.24. The molecule has 6 nitrogen and oxygen atoms in total. The average Bonchev–Trinajstić information content (AvgIpc) is 2.49. The van der Waals surface area contributed by atoms with E-state index in [4.69, 9.17) is 10.5 Å². The van der Waals surface area contributed by atoms with Gasteiger partial charge >= 0.3 is 5.97 Å². The Morgan fingerprint density at radius 1 is 1.27 bits per heavy atom. The summed E-state index contributed by atoms with van der Waals surface area (Å²) in [6.45, 7) is 8.22. The van der Waals surface area contributed by atoms with Crippen molar-refractivity contribution in [3.8, 4) is 0 Å². The quantitative estimate of drug-likeness (QED) is 0.682. The van der Waals surface area contributed by atoms with E-state index in [2.05, 4.69) is 9.80 Å².